The van der Waals surface area contributed by atoms with Gasteiger partial charge < -0.3 is 23.9 Å². The molecule has 0 saturated carbocycles. The smallest absolute Gasteiger partial charge is 0.497 e. The number of benzene rings is 3. The fourth-order valence-electron chi connectivity index (χ4n) is 4.40. The van der Waals surface area contributed by atoms with Gasteiger partial charge in [0.25, 0.3) is 0 Å². The minimum Gasteiger partial charge on any atom is -0.497 e. The molecule has 3 aromatic carbocycles. The van der Waals surface area contributed by atoms with E-state index in [1.807, 2.05) is 0 Å². The Morgan fingerprint density at radius 2 is 1.67 bits per heavy atom. The molecule has 7 nitrogen and oxygen atoms in total. The molecule has 10 heteroatoms. The molecule has 0 radical (unpaired) electrons. The highest BCUT2D eigenvalue weighted by Crippen LogP contribution is 2.34. The summed E-state index contributed by atoms with van der Waals surface area (Å²) in [5.41, 5.74) is 2.34. The van der Waals surface area contributed by atoms with Crippen molar-refractivity contribution in [3.8, 4) is 17.2 Å². The summed E-state index contributed by atoms with van der Waals surface area (Å²) in [5, 5.41) is 9.78. The van der Waals surface area contributed by atoms with Crippen LogP contribution in [-0.2, 0) is 11.3 Å². The van der Waals surface area contributed by atoms with Crippen LogP contribution in [0.2, 0.25) is 0 Å². The third-order valence-corrected chi connectivity index (χ3v) is 6.27. The number of halogens is 3. The molecule has 0 amide bonds. The number of ether oxygens (including phenoxy) is 3. The standard InChI is InChI=1S/C29H26F3NO6/c1-4-25(28(35)36)38-21-7-5-6-18(14-21)16-33-17(2)26(27(34)19-8-10-20(37-3)11-9-19)23-13-12-22(15-24(23)33)39-29(30,31)32/h5-15,25H,4,16H2,1-3H3,(H,35,36)/t25-/m1/s1. The summed E-state index contributed by atoms with van der Waals surface area (Å²) in [6.07, 6.45) is -5.64. The molecule has 0 unspecified atom stereocenters. The van der Waals surface area contributed by atoms with E-state index in [1.165, 1.54) is 25.3 Å². The number of carboxylic acid groups (broad SMARTS) is 1. The molecule has 0 aliphatic rings. The maximum Gasteiger partial charge on any atom is 0.573 e. The van der Waals surface area contributed by atoms with Crippen molar-refractivity contribution in [2.75, 3.05) is 7.11 Å². The van der Waals surface area contributed by atoms with Crippen LogP contribution >= 0.6 is 0 Å². The molecular formula is C29H26F3NO6. The van der Waals surface area contributed by atoms with E-state index in [4.69, 9.17) is 9.47 Å². The van der Waals surface area contributed by atoms with Crippen LogP contribution in [0.1, 0.15) is 40.5 Å². The van der Waals surface area contributed by atoms with Crippen LogP contribution in [0, 0.1) is 6.92 Å². The Kier molecular flexibility index (Phi) is 7.85. The first-order chi connectivity index (χ1) is 18.5. The molecule has 1 N–H and O–H groups in total. The van der Waals surface area contributed by atoms with Crippen LogP contribution in [0.25, 0.3) is 10.9 Å². The number of methoxy groups -OCH3 is 1. The zero-order chi connectivity index (χ0) is 28.3. The Morgan fingerprint density at radius 3 is 2.28 bits per heavy atom. The molecule has 204 valence electrons. The lowest BCUT2D eigenvalue weighted by Crippen LogP contribution is -2.25. The van der Waals surface area contributed by atoms with E-state index in [-0.39, 0.29) is 18.7 Å². The molecule has 1 aromatic heterocycles. The van der Waals surface area contributed by atoms with E-state index in [9.17, 15) is 27.9 Å². The summed E-state index contributed by atoms with van der Waals surface area (Å²) in [6.45, 7) is 3.59. The van der Waals surface area contributed by atoms with Crippen molar-refractivity contribution in [1.29, 1.82) is 0 Å². The zero-order valence-electron chi connectivity index (χ0n) is 21.4. The normalized spacial score (nSPS) is 12.3. The number of rotatable bonds is 10. The number of carboxylic acids is 1. The van der Waals surface area contributed by atoms with Gasteiger partial charge in [0.2, 0.25) is 0 Å². The van der Waals surface area contributed by atoms with E-state index in [1.54, 1.807) is 66.9 Å². The minimum absolute atomic E-state index is 0.175. The number of ketones is 1. The van der Waals surface area contributed by atoms with E-state index in [0.717, 1.165) is 0 Å². The highest BCUT2D eigenvalue weighted by atomic mass is 19.4. The van der Waals surface area contributed by atoms with Crippen LogP contribution in [-0.4, -0.2) is 41.0 Å². The first-order valence-corrected chi connectivity index (χ1v) is 12.1. The van der Waals surface area contributed by atoms with Gasteiger partial charge in [-0.25, -0.2) is 4.79 Å². The molecule has 0 spiro atoms. The molecule has 0 aliphatic carbocycles. The predicted molar refractivity (Wildman–Crippen MR) is 138 cm³/mol. The second-order valence-electron chi connectivity index (χ2n) is 8.83. The largest absolute Gasteiger partial charge is 0.573 e. The number of nitrogens with zero attached hydrogens (tertiary/aromatic N) is 1. The molecule has 1 atom stereocenters. The van der Waals surface area contributed by atoms with Crippen molar-refractivity contribution in [2.45, 2.75) is 39.3 Å². The fourth-order valence-corrected chi connectivity index (χ4v) is 4.40. The summed E-state index contributed by atoms with van der Waals surface area (Å²) >= 11 is 0. The van der Waals surface area contributed by atoms with Gasteiger partial charge in [0.05, 0.1) is 18.2 Å². The quantitative estimate of drug-likeness (QED) is 0.235. The second-order valence-corrected chi connectivity index (χ2v) is 8.83. The van der Waals surface area contributed by atoms with E-state index in [2.05, 4.69) is 4.74 Å². The van der Waals surface area contributed by atoms with Gasteiger partial charge in [-0.2, -0.15) is 0 Å². The van der Waals surface area contributed by atoms with Crippen LogP contribution in [0.4, 0.5) is 13.2 Å². The van der Waals surface area contributed by atoms with Crippen molar-refractivity contribution in [3.05, 3.63) is 89.1 Å². The Bertz CT molecular complexity index is 1510. The van der Waals surface area contributed by atoms with Crippen molar-refractivity contribution >= 4 is 22.7 Å². The van der Waals surface area contributed by atoms with Gasteiger partial charge >= 0.3 is 12.3 Å². The van der Waals surface area contributed by atoms with Gasteiger partial charge in [-0.3, -0.25) is 4.79 Å². The van der Waals surface area contributed by atoms with Crippen molar-refractivity contribution in [2.24, 2.45) is 0 Å². The average Bonchev–Trinajstić information content (AvgIpc) is 3.16. The number of fused-ring (bicyclic) bond motifs is 1. The van der Waals surface area contributed by atoms with Gasteiger partial charge in [0.1, 0.15) is 17.2 Å². The van der Waals surface area contributed by atoms with E-state index in [0.29, 0.717) is 44.8 Å². The topological polar surface area (TPSA) is 87.0 Å². The first-order valence-electron chi connectivity index (χ1n) is 12.1. The summed E-state index contributed by atoms with van der Waals surface area (Å²) in [4.78, 5) is 25.0. The molecule has 1 heterocycles. The Morgan fingerprint density at radius 1 is 0.974 bits per heavy atom. The summed E-state index contributed by atoms with van der Waals surface area (Å²) in [7, 11) is 1.51. The van der Waals surface area contributed by atoms with Crippen LogP contribution in [0.5, 0.6) is 17.2 Å². The number of carbonyl (C=O) groups excluding carboxylic acids is 1. The summed E-state index contributed by atoms with van der Waals surface area (Å²) in [5.74, 6) is -0.885. The third kappa shape index (κ3) is 6.17. The maximum atomic E-state index is 13.6. The molecule has 0 saturated heterocycles. The van der Waals surface area contributed by atoms with Crippen LogP contribution in [0.3, 0.4) is 0 Å². The number of alkyl halides is 3. The number of carbonyl (C=O) groups is 2. The molecule has 4 rings (SSSR count). The van der Waals surface area contributed by atoms with Gasteiger partial charge in [-0.15, -0.1) is 13.2 Å². The summed E-state index contributed by atoms with van der Waals surface area (Å²) < 4.78 is 55.5. The number of hydrogen-bond acceptors (Lipinski definition) is 5. The van der Waals surface area contributed by atoms with Gasteiger partial charge in [0, 0.05) is 29.3 Å². The molecule has 0 fully saturated rings. The molecular weight excluding hydrogens is 515 g/mol. The number of hydrogen-bond donors (Lipinski definition) is 1. The lowest BCUT2D eigenvalue weighted by molar-refractivity contribution is -0.274. The van der Waals surface area contributed by atoms with Gasteiger partial charge in [-0.05, 0) is 67.4 Å². The highest BCUT2D eigenvalue weighted by Gasteiger charge is 2.32. The Balaban J connectivity index is 1.79. The predicted octanol–water partition coefficient (Wildman–Crippen LogP) is 6.38. The van der Waals surface area contributed by atoms with Crippen LogP contribution < -0.4 is 14.2 Å². The molecule has 0 aliphatic heterocycles. The van der Waals surface area contributed by atoms with E-state index >= 15 is 0 Å². The monoisotopic (exact) mass is 541 g/mol. The van der Waals surface area contributed by atoms with Gasteiger partial charge in [0.15, 0.2) is 11.9 Å². The van der Waals surface area contributed by atoms with Crippen molar-refractivity contribution < 1.29 is 42.1 Å². The lowest BCUT2D eigenvalue weighted by Gasteiger charge is -2.15. The first kappa shape index (κ1) is 27.6. The highest BCUT2D eigenvalue weighted by molar-refractivity contribution is 6.17. The third-order valence-electron chi connectivity index (χ3n) is 6.27. The zero-order valence-corrected chi connectivity index (χ0v) is 21.4. The molecule has 4 aromatic rings. The molecule has 0 bridgehead atoms. The lowest BCUT2D eigenvalue weighted by atomic mass is 10.0. The average molecular weight is 542 g/mol. The maximum absolute atomic E-state index is 13.6. The Labute approximate surface area is 222 Å². The van der Waals surface area contributed by atoms with Crippen molar-refractivity contribution in [1.82, 2.24) is 4.57 Å². The minimum atomic E-state index is -4.88. The molecule has 39 heavy (non-hydrogen) atoms. The van der Waals surface area contributed by atoms with Gasteiger partial charge in [-0.1, -0.05) is 19.1 Å². The SMILES string of the molecule is CC[C@@H](Oc1cccc(Cn2c(C)c(C(=O)c3ccc(OC)cc3)c3ccc(OC(F)(F)F)cc32)c1)C(=O)O. The number of aliphatic carboxylic acids is 1. The second kappa shape index (κ2) is 11.1. The Hall–Kier alpha value is -4.47. The van der Waals surface area contributed by atoms with Crippen LogP contribution in [0.15, 0.2) is 66.7 Å². The van der Waals surface area contributed by atoms with Crippen molar-refractivity contribution in [3.63, 3.8) is 0 Å². The summed E-state index contributed by atoms with van der Waals surface area (Å²) in [6, 6.07) is 17.2. The fraction of sp³-hybridized carbons (Fsp3) is 0.241. The number of aromatic nitrogens is 1. The van der Waals surface area contributed by atoms with E-state index < -0.39 is 24.2 Å².